The van der Waals surface area contributed by atoms with Crippen molar-refractivity contribution in [2.75, 3.05) is 20.7 Å². The highest BCUT2D eigenvalue weighted by atomic mass is 127. The van der Waals surface area contributed by atoms with Crippen LogP contribution in [0.4, 0.5) is 0 Å². The average Bonchev–Trinajstić information content (AvgIpc) is 2.51. The van der Waals surface area contributed by atoms with Gasteiger partial charge in [-0.15, -0.1) is 24.0 Å². The molecule has 0 saturated heterocycles. The van der Waals surface area contributed by atoms with Gasteiger partial charge in [-0.1, -0.05) is 32.9 Å². The number of methoxy groups -OCH3 is 1. The molecule has 0 fully saturated rings. The van der Waals surface area contributed by atoms with E-state index in [4.69, 9.17) is 4.74 Å². The first kappa shape index (κ1) is 21.0. The molecule has 4 nitrogen and oxygen atoms in total. The predicted molar refractivity (Wildman–Crippen MR) is 106 cm³/mol. The molecule has 0 saturated carbocycles. The number of guanidine groups is 1. The van der Waals surface area contributed by atoms with Crippen LogP contribution in [0.15, 0.2) is 29.3 Å². The maximum absolute atomic E-state index is 5.21. The van der Waals surface area contributed by atoms with Crippen LogP contribution in [0.5, 0.6) is 5.75 Å². The summed E-state index contributed by atoms with van der Waals surface area (Å²) >= 11 is 0. The van der Waals surface area contributed by atoms with E-state index >= 15 is 0 Å². The summed E-state index contributed by atoms with van der Waals surface area (Å²) in [5.74, 6) is 1.74. The van der Waals surface area contributed by atoms with Crippen molar-refractivity contribution in [2.24, 2.45) is 4.99 Å². The summed E-state index contributed by atoms with van der Waals surface area (Å²) in [6, 6.07) is 8.66. The van der Waals surface area contributed by atoms with Gasteiger partial charge in [-0.3, -0.25) is 4.99 Å². The Hall–Kier alpha value is -0.980. The van der Waals surface area contributed by atoms with Crippen molar-refractivity contribution in [3.63, 3.8) is 0 Å². The summed E-state index contributed by atoms with van der Waals surface area (Å²) in [6.45, 7) is 9.57. The molecule has 0 radical (unpaired) electrons. The van der Waals surface area contributed by atoms with E-state index in [-0.39, 0.29) is 29.4 Å². The highest BCUT2D eigenvalue weighted by molar-refractivity contribution is 14.0. The summed E-state index contributed by atoms with van der Waals surface area (Å²) in [4.78, 5) is 4.27. The Labute approximate surface area is 152 Å². The molecule has 0 amide bonds. The van der Waals surface area contributed by atoms with Crippen molar-refractivity contribution in [3.05, 3.63) is 29.8 Å². The van der Waals surface area contributed by atoms with Crippen LogP contribution in [0.3, 0.4) is 0 Å². The highest BCUT2D eigenvalue weighted by Gasteiger charge is 2.21. The Morgan fingerprint density at radius 2 is 1.86 bits per heavy atom. The molecule has 1 atom stereocenters. The van der Waals surface area contributed by atoms with Crippen LogP contribution >= 0.6 is 24.0 Å². The molecule has 0 spiro atoms. The summed E-state index contributed by atoms with van der Waals surface area (Å²) in [5.41, 5.74) is 1.29. The SMILES string of the molecule is CCC(C)NC(=NC)NCC(C)(C)c1ccc(OC)cc1.I. The van der Waals surface area contributed by atoms with Crippen LogP contribution in [-0.4, -0.2) is 32.7 Å². The van der Waals surface area contributed by atoms with Crippen LogP contribution < -0.4 is 15.4 Å². The van der Waals surface area contributed by atoms with Crippen LogP contribution in [0.25, 0.3) is 0 Å². The van der Waals surface area contributed by atoms with Crippen LogP contribution in [0.1, 0.15) is 39.7 Å². The quantitative estimate of drug-likeness (QED) is 0.421. The molecule has 5 heteroatoms. The summed E-state index contributed by atoms with van der Waals surface area (Å²) in [5, 5.41) is 6.79. The summed E-state index contributed by atoms with van der Waals surface area (Å²) < 4.78 is 5.21. The van der Waals surface area contributed by atoms with Gasteiger partial charge in [0.05, 0.1) is 7.11 Å². The molecule has 0 heterocycles. The molecule has 1 rings (SSSR count). The second-order valence-electron chi connectivity index (χ2n) is 5.99. The number of aliphatic imine (C=N–C) groups is 1. The van der Waals surface area contributed by atoms with E-state index in [0.717, 1.165) is 24.7 Å². The second-order valence-corrected chi connectivity index (χ2v) is 5.99. The van der Waals surface area contributed by atoms with Gasteiger partial charge in [0.1, 0.15) is 5.75 Å². The van der Waals surface area contributed by atoms with Crippen molar-refractivity contribution >= 4 is 29.9 Å². The van der Waals surface area contributed by atoms with Gasteiger partial charge < -0.3 is 15.4 Å². The second kappa shape index (κ2) is 9.92. The Morgan fingerprint density at radius 3 is 2.32 bits per heavy atom. The minimum atomic E-state index is 0. The van der Waals surface area contributed by atoms with Crippen LogP contribution in [-0.2, 0) is 5.41 Å². The molecule has 1 aromatic carbocycles. The number of nitrogens with one attached hydrogen (secondary N) is 2. The normalized spacial score (nSPS) is 13.1. The van der Waals surface area contributed by atoms with Crippen molar-refractivity contribution in [1.29, 1.82) is 0 Å². The van der Waals surface area contributed by atoms with Gasteiger partial charge in [0.15, 0.2) is 5.96 Å². The van der Waals surface area contributed by atoms with Gasteiger partial charge in [0.25, 0.3) is 0 Å². The molecule has 2 N–H and O–H groups in total. The van der Waals surface area contributed by atoms with Crippen molar-refractivity contribution < 1.29 is 4.74 Å². The number of ether oxygens (including phenoxy) is 1. The molecule has 22 heavy (non-hydrogen) atoms. The zero-order chi connectivity index (χ0) is 15.9. The number of rotatable bonds is 6. The lowest BCUT2D eigenvalue weighted by atomic mass is 9.84. The maximum Gasteiger partial charge on any atom is 0.191 e. The molecular weight excluding hydrogens is 389 g/mol. The number of hydrogen-bond donors (Lipinski definition) is 2. The van der Waals surface area contributed by atoms with Crippen molar-refractivity contribution in [1.82, 2.24) is 10.6 Å². The molecule has 1 unspecified atom stereocenters. The lowest BCUT2D eigenvalue weighted by Crippen LogP contribution is -2.46. The number of halogens is 1. The monoisotopic (exact) mass is 419 g/mol. The van der Waals surface area contributed by atoms with Gasteiger partial charge >= 0.3 is 0 Å². The molecule has 1 aromatic rings. The number of hydrogen-bond acceptors (Lipinski definition) is 2. The maximum atomic E-state index is 5.21. The number of benzene rings is 1. The average molecular weight is 419 g/mol. The van der Waals surface area contributed by atoms with Gasteiger partial charge in [-0.2, -0.15) is 0 Å². The third-order valence-corrected chi connectivity index (χ3v) is 3.79. The van der Waals surface area contributed by atoms with Crippen LogP contribution in [0, 0.1) is 0 Å². The fraction of sp³-hybridized carbons (Fsp3) is 0.588. The third-order valence-electron chi connectivity index (χ3n) is 3.79. The molecular formula is C17H30IN3O. The fourth-order valence-corrected chi connectivity index (χ4v) is 1.98. The Balaban J connectivity index is 0.00000441. The molecule has 0 aliphatic carbocycles. The number of nitrogens with zero attached hydrogens (tertiary/aromatic N) is 1. The third kappa shape index (κ3) is 6.42. The first-order chi connectivity index (χ1) is 9.92. The van der Waals surface area contributed by atoms with E-state index in [2.05, 4.69) is 55.5 Å². The molecule has 0 aliphatic rings. The van der Waals surface area contributed by atoms with E-state index in [1.54, 1.807) is 14.2 Å². The first-order valence-corrected chi connectivity index (χ1v) is 7.54. The van der Waals surface area contributed by atoms with Crippen molar-refractivity contribution in [2.45, 2.75) is 45.6 Å². The van der Waals surface area contributed by atoms with E-state index < -0.39 is 0 Å². The Morgan fingerprint density at radius 1 is 1.27 bits per heavy atom. The largest absolute Gasteiger partial charge is 0.497 e. The predicted octanol–water partition coefficient (Wildman–Crippen LogP) is 3.55. The zero-order valence-corrected chi connectivity index (χ0v) is 16.9. The van der Waals surface area contributed by atoms with Crippen molar-refractivity contribution in [3.8, 4) is 5.75 Å². The highest BCUT2D eigenvalue weighted by Crippen LogP contribution is 2.24. The Bertz CT molecular complexity index is 457. The lowest BCUT2D eigenvalue weighted by molar-refractivity contribution is 0.414. The fourth-order valence-electron chi connectivity index (χ4n) is 1.98. The van der Waals surface area contributed by atoms with Gasteiger partial charge in [0, 0.05) is 25.0 Å². The summed E-state index contributed by atoms with van der Waals surface area (Å²) in [7, 11) is 3.49. The topological polar surface area (TPSA) is 45.7 Å². The van der Waals surface area contributed by atoms with E-state index in [0.29, 0.717) is 6.04 Å². The van der Waals surface area contributed by atoms with Gasteiger partial charge in [-0.05, 0) is 31.0 Å². The lowest BCUT2D eigenvalue weighted by Gasteiger charge is -2.27. The molecule has 0 aromatic heterocycles. The smallest absolute Gasteiger partial charge is 0.191 e. The summed E-state index contributed by atoms with van der Waals surface area (Å²) in [6.07, 6.45) is 1.07. The van der Waals surface area contributed by atoms with Gasteiger partial charge in [-0.25, -0.2) is 0 Å². The van der Waals surface area contributed by atoms with E-state index in [9.17, 15) is 0 Å². The van der Waals surface area contributed by atoms with Crippen LogP contribution in [0.2, 0.25) is 0 Å². The minimum absolute atomic E-state index is 0. The standard InChI is InChI=1S/C17H29N3O.HI/c1-7-13(2)20-16(18-5)19-12-17(3,4)14-8-10-15(21-6)11-9-14;/h8-11,13H,7,12H2,1-6H3,(H2,18,19,20);1H. The molecule has 126 valence electrons. The minimum Gasteiger partial charge on any atom is -0.497 e. The first-order valence-electron chi connectivity index (χ1n) is 7.54. The van der Waals surface area contributed by atoms with E-state index in [1.807, 2.05) is 12.1 Å². The van der Waals surface area contributed by atoms with Gasteiger partial charge in [0.2, 0.25) is 0 Å². The molecule has 0 aliphatic heterocycles. The zero-order valence-electron chi connectivity index (χ0n) is 14.6. The van der Waals surface area contributed by atoms with E-state index in [1.165, 1.54) is 5.56 Å². The molecule has 0 bridgehead atoms. The Kier molecular flexibility index (Phi) is 9.48.